The molecule has 7 heteroatoms. The van der Waals surface area contributed by atoms with Gasteiger partial charge in [-0.1, -0.05) is 34.8 Å². The molecule has 0 saturated carbocycles. The van der Waals surface area contributed by atoms with E-state index in [1.165, 1.54) is 32.4 Å². The number of benzene rings is 2. The number of ether oxygens (including phenoxy) is 3. The van der Waals surface area contributed by atoms with Gasteiger partial charge in [-0.2, -0.15) is 0 Å². The van der Waals surface area contributed by atoms with E-state index in [0.717, 1.165) is 0 Å². The number of methoxy groups -OCH3 is 2. The van der Waals surface area contributed by atoms with E-state index >= 15 is 0 Å². The van der Waals surface area contributed by atoms with Crippen LogP contribution in [0.5, 0.6) is 17.2 Å². The summed E-state index contributed by atoms with van der Waals surface area (Å²) in [5.41, 5.74) is 0.333. The minimum absolute atomic E-state index is 0.247. The average molecular weight is 362 g/mol. The van der Waals surface area contributed by atoms with Gasteiger partial charge in [-0.25, -0.2) is 4.79 Å². The van der Waals surface area contributed by atoms with Gasteiger partial charge in [0.2, 0.25) is 0 Å². The number of rotatable bonds is 4. The van der Waals surface area contributed by atoms with E-state index in [0.29, 0.717) is 22.1 Å². The van der Waals surface area contributed by atoms with Crippen LogP contribution in [0.1, 0.15) is 10.4 Å². The minimum atomic E-state index is -0.479. The van der Waals surface area contributed by atoms with Crippen molar-refractivity contribution in [1.29, 1.82) is 0 Å². The van der Waals surface area contributed by atoms with Crippen LogP contribution in [-0.2, 0) is 4.74 Å². The first kappa shape index (κ1) is 16.7. The van der Waals surface area contributed by atoms with E-state index in [-0.39, 0.29) is 15.8 Å². The molecule has 0 radical (unpaired) electrons. The quantitative estimate of drug-likeness (QED) is 0.699. The molecule has 0 bridgehead atoms. The highest BCUT2D eigenvalue weighted by molar-refractivity contribution is 6.40. The zero-order valence-electron chi connectivity index (χ0n) is 11.7. The van der Waals surface area contributed by atoms with Gasteiger partial charge in [-0.3, -0.25) is 0 Å². The first-order valence-electron chi connectivity index (χ1n) is 6.05. The standard InChI is InChI=1S/C15H11Cl3O4/c1-20-13-5-8(15(19)21-2)3-4-12(13)22-14-10(17)6-9(16)7-11(14)18/h3-7H,1-2H3. The molecule has 0 aliphatic rings. The Hall–Kier alpha value is -1.62. The fourth-order valence-electron chi connectivity index (χ4n) is 1.73. The monoisotopic (exact) mass is 360 g/mol. The minimum Gasteiger partial charge on any atom is -0.493 e. The summed E-state index contributed by atoms with van der Waals surface area (Å²) in [5, 5.41) is 0.920. The van der Waals surface area contributed by atoms with Crippen LogP contribution in [0.4, 0.5) is 0 Å². The fourth-order valence-corrected chi connectivity index (χ4v) is 2.63. The van der Waals surface area contributed by atoms with Crippen molar-refractivity contribution >= 4 is 40.8 Å². The van der Waals surface area contributed by atoms with E-state index in [1.54, 1.807) is 12.1 Å². The third kappa shape index (κ3) is 3.58. The molecule has 0 aliphatic carbocycles. The average Bonchev–Trinajstić information content (AvgIpc) is 2.50. The smallest absolute Gasteiger partial charge is 0.337 e. The molecular formula is C15H11Cl3O4. The molecule has 0 amide bonds. The summed E-state index contributed by atoms with van der Waals surface area (Å²) in [6.07, 6.45) is 0. The van der Waals surface area contributed by atoms with Crippen molar-refractivity contribution in [3.63, 3.8) is 0 Å². The Balaban J connectivity index is 2.40. The van der Waals surface area contributed by atoms with Crippen molar-refractivity contribution in [2.24, 2.45) is 0 Å². The second-order valence-corrected chi connectivity index (χ2v) is 5.41. The van der Waals surface area contributed by atoms with Crippen LogP contribution in [0.3, 0.4) is 0 Å². The highest BCUT2D eigenvalue weighted by Gasteiger charge is 2.15. The van der Waals surface area contributed by atoms with Gasteiger partial charge in [-0.15, -0.1) is 0 Å². The number of carbonyl (C=O) groups is 1. The topological polar surface area (TPSA) is 44.8 Å². The van der Waals surface area contributed by atoms with Crippen molar-refractivity contribution in [3.05, 3.63) is 51.0 Å². The highest BCUT2D eigenvalue weighted by atomic mass is 35.5. The highest BCUT2D eigenvalue weighted by Crippen LogP contribution is 2.41. The molecule has 0 fully saturated rings. The molecule has 0 aliphatic heterocycles. The third-order valence-corrected chi connectivity index (χ3v) is 3.54. The largest absolute Gasteiger partial charge is 0.493 e. The molecule has 2 aromatic carbocycles. The zero-order valence-corrected chi connectivity index (χ0v) is 13.9. The van der Waals surface area contributed by atoms with Crippen LogP contribution in [0.25, 0.3) is 0 Å². The van der Waals surface area contributed by atoms with Gasteiger partial charge in [0.15, 0.2) is 17.2 Å². The number of carbonyl (C=O) groups excluding carboxylic acids is 1. The van der Waals surface area contributed by atoms with Crippen LogP contribution in [0.2, 0.25) is 15.1 Å². The third-order valence-electron chi connectivity index (χ3n) is 2.76. The molecular weight excluding hydrogens is 351 g/mol. The summed E-state index contributed by atoms with van der Waals surface area (Å²) in [5.74, 6) is 0.454. The first-order chi connectivity index (χ1) is 10.5. The number of esters is 1. The summed E-state index contributed by atoms with van der Waals surface area (Å²) < 4.78 is 15.6. The molecule has 2 rings (SSSR count). The Morgan fingerprint density at radius 2 is 1.59 bits per heavy atom. The lowest BCUT2D eigenvalue weighted by molar-refractivity contribution is 0.0600. The second-order valence-electron chi connectivity index (χ2n) is 4.16. The zero-order chi connectivity index (χ0) is 16.3. The summed E-state index contributed by atoms with van der Waals surface area (Å²) in [6.45, 7) is 0. The molecule has 22 heavy (non-hydrogen) atoms. The van der Waals surface area contributed by atoms with Gasteiger partial charge in [0.25, 0.3) is 0 Å². The van der Waals surface area contributed by atoms with Crippen LogP contribution >= 0.6 is 34.8 Å². The van der Waals surface area contributed by atoms with Gasteiger partial charge in [0.05, 0.1) is 29.8 Å². The Kier molecular flexibility index (Phi) is 5.40. The molecule has 0 spiro atoms. The molecule has 0 atom stereocenters. The van der Waals surface area contributed by atoms with Crippen LogP contribution in [-0.4, -0.2) is 20.2 Å². The van der Waals surface area contributed by atoms with Gasteiger partial charge in [0, 0.05) is 5.02 Å². The lowest BCUT2D eigenvalue weighted by Crippen LogP contribution is -2.02. The van der Waals surface area contributed by atoms with Gasteiger partial charge in [-0.05, 0) is 30.3 Å². The van der Waals surface area contributed by atoms with E-state index in [9.17, 15) is 4.79 Å². The number of halogens is 3. The van der Waals surface area contributed by atoms with Crippen molar-refractivity contribution in [2.45, 2.75) is 0 Å². The van der Waals surface area contributed by atoms with E-state index < -0.39 is 5.97 Å². The van der Waals surface area contributed by atoms with Gasteiger partial charge < -0.3 is 14.2 Å². The lowest BCUT2D eigenvalue weighted by atomic mass is 10.2. The summed E-state index contributed by atoms with van der Waals surface area (Å²) in [6, 6.07) is 7.63. The molecule has 0 unspecified atom stereocenters. The van der Waals surface area contributed by atoms with Gasteiger partial charge >= 0.3 is 5.97 Å². The van der Waals surface area contributed by atoms with Crippen molar-refractivity contribution in [3.8, 4) is 17.2 Å². The number of hydrogen-bond donors (Lipinski definition) is 0. The first-order valence-corrected chi connectivity index (χ1v) is 7.18. The Bertz CT molecular complexity index is 693. The van der Waals surface area contributed by atoms with E-state index in [2.05, 4.69) is 4.74 Å². The Morgan fingerprint density at radius 1 is 0.955 bits per heavy atom. The summed E-state index contributed by atoms with van der Waals surface area (Å²) in [4.78, 5) is 11.5. The van der Waals surface area contributed by atoms with Crippen LogP contribution in [0, 0.1) is 0 Å². The maximum absolute atomic E-state index is 11.5. The predicted molar refractivity (Wildman–Crippen MR) is 85.9 cm³/mol. The Labute approximate surface area is 142 Å². The Morgan fingerprint density at radius 3 is 2.14 bits per heavy atom. The van der Waals surface area contributed by atoms with Gasteiger partial charge in [0.1, 0.15) is 0 Å². The molecule has 0 saturated heterocycles. The molecule has 4 nitrogen and oxygen atoms in total. The molecule has 0 heterocycles. The van der Waals surface area contributed by atoms with Crippen molar-refractivity contribution in [2.75, 3.05) is 14.2 Å². The maximum atomic E-state index is 11.5. The second kappa shape index (κ2) is 7.09. The number of hydrogen-bond acceptors (Lipinski definition) is 4. The maximum Gasteiger partial charge on any atom is 0.337 e. The predicted octanol–water partition coefficient (Wildman–Crippen LogP) is 5.23. The van der Waals surface area contributed by atoms with Crippen LogP contribution < -0.4 is 9.47 Å². The van der Waals surface area contributed by atoms with E-state index in [1.807, 2.05) is 0 Å². The summed E-state index contributed by atoms with van der Waals surface area (Å²) in [7, 11) is 2.75. The lowest BCUT2D eigenvalue weighted by Gasteiger charge is -2.13. The van der Waals surface area contributed by atoms with E-state index in [4.69, 9.17) is 44.3 Å². The SMILES string of the molecule is COC(=O)c1ccc(Oc2c(Cl)cc(Cl)cc2Cl)c(OC)c1. The van der Waals surface area contributed by atoms with Crippen molar-refractivity contribution in [1.82, 2.24) is 0 Å². The van der Waals surface area contributed by atoms with Crippen LogP contribution in [0.15, 0.2) is 30.3 Å². The molecule has 116 valence electrons. The summed E-state index contributed by atoms with van der Waals surface area (Å²) >= 11 is 18.0. The fraction of sp³-hybridized carbons (Fsp3) is 0.133. The molecule has 0 N–H and O–H groups in total. The van der Waals surface area contributed by atoms with Crippen molar-refractivity contribution < 1.29 is 19.0 Å². The molecule has 2 aromatic rings. The molecule has 0 aromatic heterocycles. The normalized spacial score (nSPS) is 10.2.